The first-order valence-electron chi connectivity index (χ1n) is 6.90. The second-order valence-corrected chi connectivity index (χ2v) is 4.44. The first-order chi connectivity index (χ1) is 9.72. The molecule has 1 aromatic rings. The molecule has 0 fully saturated rings. The van der Waals surface area contributed by atoms with Crippen LogP contribution in [0.4, 0.5) is 0 Å². The molecule has 0 aliphatic heterocycles. The van der Waals surface area contributed by atoms with Crippen LogP contribution in [-0.4, -0.2) is 40.1 Å². The van der Waals surface area contributed by atoms with Gasteiger partial charge in [0.15, 0.2) is 11.5 Å². The molecule has 0 amide bonds. The number of nitrogens with two attached hydrogens (primary N) is 1. The smallest absolute Gasteiger partial charge is 0.203 e. The first kappa shape index (κ1) is 16.6. The van der Waals surface area contributed by atoms with Crippen molar-refractivity contribution in [2.45, 2.75) is 25.8 Å². The summed E-state index contributed by atoms with van der Waals surface area (Å²) in [5, 5.41) is 0. The van der Waals surface area contributed by atoms with Crippen molar-refractivity contribution < 1.29 is 18.9 Å². The lowest BCUT2D eigenvalue weighted by Gasteiger charge is -2.14. The van der Waals surface area contributed by atoms with Gasteiger partial charge >= 0.3 is 0 Å². The van der Waals surface area contributed by atoms with E-state index in [1.807, 2.05) is 25.1 Å². The molecule has 0 aromatic heterocycles. The molecule has 0 aliphatic rings. The SMILES string of the molecule is CCC(N)COCCCOc1cccc(OC)c1OC. The van der Waals surface area contributed by atoms with Gasteiger partial charge in [0.1, 0.15) is 0 Å². The van der Waals surface area contributed by atoms with Crippen molar-refractivity contribution in [1.29, 1.82) is 0 Å². The number of hydrogen-bond donors (Lipinski definition) is 1. The summed E-state index contributed by atoms with van der Waals surface area (Å²) in [7, 11) is 3.20. The highest BCUT2D eigenvalue weighted by Gasteiger charge is 2.10. The van der Waals surface area contributed by atoms with Gasteiger partial charge in [0.25, 0.3) is 0 Å². The van der Waals surface area contributed by atoms with E-state index in [2.05, 4.69) is 0 Å². The first-order valence-corrected chi connectivity index (χ1v) is 6.90. The molecule has 20 heavy (non-hydrogen) atoms. The van der Waals surface area contributed by atoms with Crippen LogP contribution < -0.4 is 19.9 Å². The lowest BCUT2D eigenvalue weighted by molar-refractivity contribution is 0.106. The minimum absolute atomic E-state index is 0.120. The fourth-order valence-electron chi connectivity index (χ4n) is 1.67. The number of rotatable bonds is 10. The summed E-state index contributed by atoms with van der Waals surface area (Å²) in [5.41, 5.74) is 5.76. The number of hydrogen-bond acceptors (Lipinski definition) is 5. The quantitative estimate of drug-likeness (QED) is 0.667. The van der Waals surface area contributed by atoms with Crippen LogP contribution in [0, 0.1) is 0 Å². The van der Waals surface area contributed by atoms with Gasteiger partial charge in [-0.3, -0.25) is 0 Å². The summed E-state index contributed by atoms with van der Waals surface area (Å²) < 4.78 is 21.7. The predicted molar refractivity (Wildman–Crippen MR) is 78.7 cm³/mol. The van der Waals surface area contributed by atoms with Gasteiger partial charge in [0, 0.05) is 19.1 Å². The number of para-hydroxylation sites is 1. The molecule has 0 saturated heterocycles. The minimum atomic E-state index is 0.120. The van der Waals surface area contributed by atoms with Gasteiger partial charge in [0.05, 0.1) is 27.4 Å². The zero-order chi connectivity index (χ0) is 14.8. The molecule has 0 spiro atoms. The fraction of sp³-hybridized carbons (Fsp3) is 0.600. The van der Waals surface area contributed by atoms with E-state index in [1.54, 1.807) is 14.2 Å². The fourth-order valence-corrected chi connectivity index (χ4v) is 1.67. The van der Waals surface area contributed by atoms with Gasteiger partial charge in [-0.2, -0.15) is 0 Å². The van der Waals surface area contributed by atoms with E-state index in [4.69, 9.17) is 24.7 Å². The van der Waals surface area contributed by atoms with E-state index in [-0.39, 0.29) is 6.04 Å². The third kappa shape index (κ3) is 5.27. The molecular formula is C15H25NO4. The molecule has 5 nitrogen and oxygen atoms in total. The maximum atomic E-state index is 5.76. The molecule has 0 saturated carbocycles. The predicted octanol–water partition coefficient (Wildman–Crippen LogP) is 2.23. The van der Waals surface area contributed by atoms with Crippen LogP contribution in [0.2, 0.25) is 0 Å². The van der Waals surface area contributed by atoms with Crippen LogP contribution in [0.3, 0.4) is 0 Å². The van der Waals surface area contributed by atoms with Crippen molar-refractivity contribution in [2.75, 3.05) is 34.0 Å². The van der Waals surface area contributed by atoms with Crippen molar-refractivity contribution >= 4 is 0 Å². The number of methoxy groups -OCH3 is 2. The molecule has 114 valence electrons. The third-order valence-corrected chi connectivity index (χ3v) is 2.91. The zero-order valence-corrected chi connectivity index (χ0v) is 12.6. The normalized spacial score (nSPS) is 12.0. The lowest BCUT2D eigenvalue weighted by atomic mass is 10.3. The number of benzene rings is 1. The second kappa shape index (κ2) is 9.44. The lowest BCUT2D eigenvalue weighted by Crippen LogP contribution is -2.25. The molecule has 1 rings (SSSR count). The number of ether oxygens (including phenoxy) is 4. The van der Waals surface area contributed by atoms with Gasteiger partial charge in [0.2, 0.25) is 5.75 Å². The van der Waals surface area contributed by atoms with E-state index in [1.165, 1.54) is 0 Å². The van der Waals surface area contributed by atoms with Crippen LogP contribution in [0.25, 0.3) is 0 Å². The van der Waals surface area contributed by atoms with Crippen molar-refractivity contribution in [1.82, 2.24) is 0 Å². The third-order valence-electron chi connectivity index (χ3n) is 2.91. The highest BCUT2D eigenvalue weighted by atomic mass is 16.5. The van der Waals surface area contributed by atoms with Crippen LogP contribution in [-0.2, 0) is 4.74 Å². The van der Waals surface area contributed by atoms with Crippen LogP contribution >= 0.6 is 0 Å². The molecule has 5 heteroatoms. The molecule has 0 radical (unpaired) electrons. The molecule has 2 N–H and O–H groups in total. The average Bonchev–Trinajstić information content (AvgIpc) is 2.49. The van der Waals surface area contributed by atoms with Gasteiger partial charge < -0.3 is 24.7 Å². The van der Waals surface area contributed by atoms with Gasteiger partial charge in [-0.05, 0) is 18.6 Å². The highest BCUT2D eigenvalue weighted by Crippen LogP contribution is 2.36. The Labute approximate surface area is 121 Å². The van der Waals surface area contributed by atoms with E-state index >= 15 is 0 Å². The summed E-state index contributed by atoms with van der Waals surface area (Å²) in [6.07, 6.45) is 1.73. The Kier molecular flexibility index (Phi) is 7.84. The Balaban J connectivity index is 2.32. The Bertz CT molecular complexity index is 384. The van der Waals surface area contributed by atoms with Crippen LogP contribution in [0.15, 0.2) is 18.2 Å². The Morgan fingerprint density at radius 2 is 1.85 bits per heavy atom. The van der Waals surface area contributed by atoms with Crippen molar-refractivity contribution in [3.8, 4) is 17.2 Å². The molecule has 0 aliphatic carbocycles. The monoisotopic (exact) mass is 283 g/mol. The molecular weight excluding hydrogens is 258 g/mol. The molecule has 0 bridgehead atoms. The van der Waals surface area contributed by atoms with E-state index < -0.39 is 0 Å². The summed E-state index contributed by atoms with van der Waals surface area (Å²) >= 11 is 0. The van der Waals surface area contributed by atoms with E-state index in [9.17, 15) is 0 Å². The van der Waals surface area contributed by atoms with Gasteiger partial charge in [-0.25, -0.2) is 0 Å². The average molecular weight is 283 g/mol. The minimum Gasteiger partial charge on any atom is -0.493 e. The van der Waals surface area contributed by atoms with Crippen molar-refractivity contribution in [3.63, 3.8) is 0 Å². The largest absolute Gasteiger partial charge is 0.493 e. The van der Waals surface area contributed by atoms with E-state index in [0.717, 1.165) is 12.8 Å². The molecule has 1 atom stereocenters. The summed E-state index contributed by atoms with van der Waals surface area (Å²) in [6.45, 7) is 3.84. The van der Waals surface area contributed by atoms with Gasteiger partial charge in [-0.1, -0.05) is 13.0 Å². The molecule has 1 unspecified atom stereocenters. The van der Waals surface area contributed by atoms with Crippen LogP contribution in [0.1, 0.15) is 19.8 Å². The van der Waals surface area contributed by atoms with Crippen molar-refractivity contribution in [3.05, 3.63) is 18.2 Å². The van der Waals surface area contributed by atoms with Crippen LogP contribution in [0.5, 0.6) is 17.2 Å². The topological polar surface area (TPSA) is 62.9 Å². The maximum absolute atomic E-state index is 5.76. The standard InChI is InChI=1S/C15H25NO4/c1-4-12(16)11-19-9-6-10-20-14-8-5-7-13(17-2)15(14)18-3/h5,7-8,12H,4,6,9-11,16H2,1-3H3. The second-order valence-electron chi connectivity index (χ2n) is 4.44. The van der Waals surface area contributed by atoms with Crippen molar-refractivity contribution in [2.24, 2.45) is 5.73 Å². The molecule has 1 aromatic carbocycles. The summed E-state index contributed by atoms with van der Waals surface area (Å²) in [5.74, 6) is 1.95. The maximum Gasteiger partial charge on any atom is 0.203 e. The van der Waals surface area contributed by atoms with E-state index in [0.29, 0.717) is 37.1 Å². The summed E-state index contributed by atoms with van der Waals surface area (Å²) in [6, 6.07) is 5.68. The Morgan fingerprint density at radius 1 is 1.10 bits per heavy atom. The highest BCUT2D eigenvalue weighted by molar-refractivity contribution is 5.50. The Morgan fingerprint density at radius 3 is 2.50 bits per heavy atom. The molecule has 0 heterocycles. The zero-order valence-electron chi connectivity index (χ0n) is 12.6. The summed E-state index contributed by atoms with van der Waals surface area (Å²) in [4.78, 5) is 0. The van der Waals surface area contributed by atoms with Gasteiger partial charge in [-0.15, -0.1) is 0 Å². The Hall–Kier alpha value is -1.46.